The zero-order chi connectivity index (χ0) is 12.9. The van der Waals surface area contributed by atoms with Gasteiger partial charge in [0.15, 0.2) is 5.71 Å². The predicted octanol–water partition coefficient (Wildman–Crippen LogP) is 2.80. The molecule has 0 heterocycles. The maximum Gasteiger partial charge on any atom is 0.434 e. The molecule has 0 spiro atoms. The van der Waals surface area contributed by atoms with Gasteiger partial charge >= 0.3 is 6.18 Å². The largest absolute Gasteiger partial charge is 0.434 e. The second-order valence-electron chi connectivity index (χ2n) is 3.02. The molecule has 2 N–H and O–H groups in total. The first kappa shape index (κ1) is 12.8. The van der Waals surface area contributed by atoms with E-state index in [0.717, 1.165) is 6.20 Å². The number of halogens is 3. The van der Waals surface area contributed by atoms with Crippen molar-refractivity contribution in [1.29, 1.82) is 0 Å². The number of para-hydroxylation sites is 1. The molecule has 2 nitrogen and oxygen atoms in total. The first-order valence-electron chi connectivity index (χ1n) is 4.59. The number of rotatable bonds is 2. The quantitative estimate of drug-likeness (QED) is 0.624. The zero-order valence-corrected chi connectivity index (χ0v) is 8.70. The van der Waals surface area contributed by atoms with Gasteiger partial charge in [0.1, 0.15) is 0 Å². The molecule has 0 saturated heterocycles. The van der Waals surface area contributed by atoms with Crippen LogP contribution >= 0.6 is 0 Å². The molecule has 0 amide bonds. The molecule has 0 fully saturated rings. The average molecular weight is 238 g/mol. The highest BCUT2D eigenvalue weighted by Crippen LogP contribution is 2.25. The van der Waals surface area contributed by atoms with Gasteiger partial charge in [0.2, 0.25) is 0 Å². The molecular formula is C12H9F3N2. The van der Waals surface area contributed by atoms with Crippen molar-refractivity contribution in [1.82, 2.24) is 0 Å². The van der Waals surface area contributed by atoms with Crippen LogP contribution < -0.4 is 5.73 Å². The highest BCUT2D eigenvalue weighted by atomic mass is 19.4. The van der Waals surface area contributed by atoms with Crippen molar-refractivity contribution in [3.63, 3.8) is 0 Å². The molecule has 0 atom stereocenters. The third kappa shape index (κ3) is 3.38. The second kappa shape index (κ2) is 5.21. The van der Waals surface area contributed by atoms with Gasteiger partial charge in [-0.1, -0.05) is 24.1 Å². The smallest absolute Gasteiger partial charge is 0.404 e. The number of allylic oxidation sites excluding steroid dienone is 1. The molecule has 0 unspecified atom stereocenters. The maximum atomic E-state index is 12.7. The Hall–Kier alpha value is -2.22. The Morgan fingerprint density at radius 2 is 1.88 bits per heavy atom. The van der Waals surface area contributed by atoms with Crippen molar-refractivity contribution < 1.29 is 13.2 Å². The first-order chi connectivity index (χ1) is 7.99. The summed E-state index contributed by atoms with van der Waals surface area (Å²) in [6.45, 7) is 0. The molecule has 1 aromatic rings. The highest BCUT2D eigenvalue weighted by Gasteiger charge is 2.37. The Bertz CT molecular complexity index is 479. The molecule has 0 saturated carbocycles. The van der Waals surface area contributed by atoms with E-state index in [9.17, 15) is 13.2 Å². The second-order valence-corrected chi connectivity index (χ2v) is 3.02. The van der Waals surface area contributed by atoms with Gasteiger partial charge < -0.3 is 5.73 Å². The Kier molecular flexibility index (Phi) is 3.94. The van der Waals surface area contributed by atoms with Crippen LogP contribution in [0.4, 0.5) is 18.9 Å². The maximum absolute atomic E-state index is 12.7. The summed E-state index contributed by atoms with van der Waals surface area (Å²) < 4.78 is 38.1. The van der Waals surface area contributed by atoms with Crippen LogP contribution in [-0.4, -0.2) is 11.9 Å². The lowest BCUT2D eigenvalue weighted by molar-refractivity contribution is -0.0579. The summed E-state index contributed by atoms with van der Waals surface area (Å²) >= 11 is 0. The molecule has 5 heteroatoms. The van der Waals surface area contributed by atoms with Crippen molar-refractivity contribution in [2.45, 2.75) is 6.18 Å². The van der Waals surface area contributed by atoms with E-state index < -0.39 is 17.5 Å². The van der Waals surface area contributed by atoms with Gasteiger partial charge in [-0.05, 0) is 12.1 Å². The van der Waals surface area contributed by atoms with Gasteiger partial charge in [-0.15, -0.1) is 6.42 Å². The number of terminal acetylenes is 1. The van der Waals surface area contributed by atoms with E-state index in [2.05, 4.69) is 4.99 Å². The molecule has 0 radical (unpaired) electrons. The molecule has 1 rings (SSSR count). The summed E-state index contributed by atoms with van der Waals surface area (Å²) in [5.74, 6) is 1.86. The molecule has 0 aliphatic heterocycles. The Balaban J connectivity index is 3.27. The number of hydrogen-bond acceptors (Lipinski definition) is 2. The van der Waals surface area contributed by atoms with Crippen molar-refractivity contribution in [2.24, 2.45) is 10.7 Å². The van der Waals surface area contributed by atoms with E-state index in [1.165, 1.54) is 12.1 Å². The normalized spacial score (nSPS) is 13.3. The Morgan fingerprint density at radius 3 is 2.29 bits per heavy atom. The number of nitrogens with zero attached hydrogens (tertiary/aromatic N) is 1. The van der Waals surface area contributed by atoms with Crippen molar-refractivity contribution in [3.05, 3.63) is 42.1 Å². The number of hydrogen-bond donors (Lipinski definition) is 1. The lowest BCUT2D eigenvalue weighted by Gasteiger charge is -2.09. The average Bonchev–Trinajstić information content (AvgIpc) is 2.29. The molecule has 88 valence electrons. The molecule has 0 aromatic heterocycles. The fourth-order valence-corrected chi connectivity index (χ4v) is 1.10. The summed E-state index contributed by atoms with van der Waals surface area (Å²) in [7, 11) is 0. The standard InChI is InChI=1S/C12H9F3N2/c1-2-9(8-16)11(12(13,14)15)17-10-6-4-3-5-7-10/h1,3-8H,16H2/b9-8-,17-11?. The van der Waals surface area contributed by atoms with E-state index in [1.807, 2.05) is 5.92 Å². The molecule has 1 aromatic carbocycles. The first-order valence-corrected chi connectivity index (χ1v) is 4.59. The summed E-state index contributed by atoms with van der Waals surface area (Å²) in [4.78, 5) is 3.47. The number of benzene rings is 1. The highest BCUT2D eigenvalue weighted by molar-refractivity contribution is 6.08. The van der Waals surface area contributed by atoms with Gasteiger partial charge in [-0.2, -0.15) is 13.2 Å². The van der Waals surface area contributed by atoms with Crippen LogP contribution in [0.25, 0.3) is 0 Å². The minimum atomic E-state index is -4.65. The van der Waals surface area contributed by atoms with Crippen LogP contribution in [-0.2, 0) is 0 Å². The molecule has 0 aliphatic carbocycles. The monoisotopic (exact) mass is 238 g/mol. The summed E-state index contributed by atoms with van der Waals surface area (Å²) in [5, 5.41) is 0. The lowest BCUT2D eigenvalue weighted by Crippen LogP contribution is -2.25. The Morgan fingerprint density at radius 1 is 1.29 bits per heavy atom. The number of alkyl halides is 3. The van der Waals surface area contributed by atoms with Crippen molar-refractivity contribution in [3.8, 4) is 12.3 Å². The van der Waals surface area contributed by atoms with Crippen molar-refractivity contribution >= 4 is 11.4 Å². The number of nitrogens with two attached hydrogens (primary N) is 1. The van der Waals surface area contributed by atoms with Crippen LogP contribution in [0, 0.1) is 12.3 Å². The third-order valence-electron chi connectivity index (χ3n) is 1.84. The van der Waals surface area contributed by atoms with E-state index >= 15 is 0 Å². The van der Waals surface area contributed by atoms with Gasteiger partial charge in [0.05, 0.1) is 11.3 Å². The van der Waals surface area contributed by atoms with E-state index in [4.69, 9.17) is 12.2 Å². The van der Waals surface area contributed by atoms with Gasteiger partial charge in [-0.3, -0.25) is 0 Å². The summed E-state index contributed by atoms with van der Waals surface area (Å²) in [6, 6.07) is 7.71. The van der Waals surface area contributed by atoms with E-state index in [1.54, 1.807) is 18.2 Å². The molecule has 0 bridgehead atoms. The van der Waals surface area contributed by atoms with Gasteiger partial charge in [0.25, 0.3) is 0 Å². The SMILES string of the molecule is C#C/C(=C/N)C(=Nc1ccccc1)C(F)(F)F. The predicted molar refractivity (Wildman–Crippen MR) is 60.7 cm³/mol. The minimum Gasteiger partial charge on any atom is -0.404 e. The fourth-order valence-electron chi connectivity index (χ4n) is 1.10. The van der Waals surface area contributed by atoms with E-state index in [0.29, 0.717) is 0 Å². The van der Waals surface area contributed by atoms with Gasteiger partial charge in [-0.25, -0.2) is 4.99 Å². The zero-order valence-electron chi connectivity index (χ0n) is 8.70. The fraction of sp³-hybridized carbons (Fsp3) is 0.0833. The molecule has 0 aliphatic rings. The van der Waals surface area contributed by atoms with Gasteiger partial charge in [0, 0.05) is 6.20 Å². The summed E-state index contributed by atoms with van der Waals surface area (Å²) in [5.41, 5.74) is 3.55. The van der Waals surface area contributed by atoms with E-state index in [-0.39, 0.29) is 5.69 Å². The van der Waals surface area contributed by atoms with Crippen LogP contribution in [0.3, 0.4) is 0 Å². The molecule has 17 heavy (non-hydrogen) atoms. The van der Waals surface area contributed by atoms with Crippen LogP contribution in [0.2, 0.25) is 0 Å². The van der Waals surface area contributed by atoms with Crippen molar-refractivity contribution in [2.75, 3.05) is 0 Å². The summed E-state index contributed by atoms with van der Waals surface area (Å²) in [6.07, 6.45) is 1.03. The van der Waals surface area contributed by atoms with Crippen LogP contribution in [0.1, 0.15) is 0 Å². The van der Waals surface area contributed by atoms with Crippen LogP contribution in [0.5, 0.6) is 0 Å². The van der Waals surface area contributed by atoms with Crippen LogP contribution in [0.15, 0.2) is 47.1 Å². The third-order valence-corrected chi connectivity index (χ3v) is 1.84. The number of aliphatic imine (C=N–C) groups is 1. The molecular weight excluding hydrogens is 229 g/mol. The lowest BCUT2D eigenvalue weighted by atomic mass is 10.1. The minimum absolute atomic E-state index is 0.162. The Labute approximate surface area is 96.7 Å². The topological polar surface area (TPSA) is 38.4 Å².